The number of thiazole rings is 1. The van der Waals surface area contributed by atoms with Crippen molar-refractivity contribution in [3.05, 3.63) is 46.4 Å². The van der Waals surface area contributed by atoms with Gasteiger partial charge in [-0.3, -0.25) is 0 Å². The van der Waals surface area contributed by atoms with Gasteiger partial charge in [-0.2, -0.15) is 4.31 Å². The van der Waals surface area contributed by atoms with Gasteiger partial charge >= 0.3 is 0 Å². The van der Waals surface area contributed by atoms with Crippen LogP contribution in [0.2, 0.25) is 5.02 Å². The molecule has 0 amide bonds. The highest BCUT2D eigenvalue weighted by Gasteiger charge is 2.34. The highest BCUT2D eigenvalue weighted by atomic mass is 35.5. The monoisotopic (exact) mass is 449 g/mol. The number of nitrogens with zero attached hydrogens (tertiary/aromatic N) is 3. The van der Waals surface area contributed by atoms with Crippen LogP contribution >= 0.6 is 22.9 Å². The second kappa shape index (κ2) is 7.87. The molecule has 1 aliphatic rings. The van der Waals surface area contributed by atoms with E-state index in [-0.39, 0.29) is 6.04 Å². The molecule has 3 aromatic rings. The zero-order valence-corrected chi connectivity index (χ0v) is 19.1. The summed E-state index contributed by atoms with van der Waals surface area (Å²) in [7, 11) is -1.64. The topological polar surface area (TPSA) is 55.2 Å². The Bertz CT molecular complexity index is 1150. The van der Waals surface area contributed by atoms with Gasteiger partial charge in [0.25, 0.3) is 0 Å². The van der Waals surface area contributed by atoms with Crippen molar-refractivity contribution in [2.45, 2.75) is 44.0 Å². The van der Waals surface area contributed by atoms with E-state index in [0.29, 0.717) is 16.5 Å². The zero-order valence-electron chi connectivity index (χ0n) is 16.7. The smallest absolute Gasteiger partial charge is 0.245 e. The van der Waals surface area contributed by atoms with E-state index in [1.807, 2.05) is 55.1 Å². The first-order chi connectivity index (χ1) is 13.8. The van der Waals surface area contributed by atoms with E-state index in [2.05, 4.69) is 0 Å². The maximum Gasteiger partial charge on any atom is 0.245 e. The molecule has 0 bridgehead atoms. The van der Waals surface area contributed by atoms with E-state index in [4.69, 9.17) is 16.6 Å². The van der Waals surface area contributed by atoms with Crippen molar-refractivity contribution in [2.75, 3.05) is 6.54 Å². The lowest BCUT2D eigenvalue weighted by Gasteiger charge is -2.32. The molecule has 1 aromatic carbocycles. The molecule has 1 fully saturated rings. The quantitative estimate of drug-likeness (QED) is 0.540. The van der Waals surface area contributed by atoms with Crippen LogP contribution in [0.5, 0.6) is 0 Å². The fraction of sp³-hybridized carbons (Fsp3) is 0.381. The van der Waals surface area contributed by atoms with Gasteiger partial charge in [0.1, 0.15) is 9.90 Å². The summed E-state index contributed by atoms with van der Waals surface area (Å²) < 4.78 is 30.3. The summed E-state index contributed by atoms with van der Waals surface area (Å²) >= 11 is 7.61. The minimum Gasteiger partial charge on any atom is -0.345 e. The Morgan fingerprint density at radius 3 is 2.76 bits per heavy atom. The average Bonchev–Trinajstić information content (AvgIpc) is 3.28. The Morgan fingerprint density at radius 1 is 1.24 bits per heavy atom. The van der Waals surface area contributed by atoms with Gasteiger partial charge in [-0.15, -0.1) is 11.3 Å². The molecule has 4 rings (SSSR count). The molecule has 154 valence electrons. The summed E-state index contributed by atoms with van der Waals surface area (Å²) in [6.45, 7) is 4.44. The Morgan fingerprint density at radius 2 is 2.03 bits per heavy atom. The average molecular weight is 450 g/mol. The number of benzene rings is 1. The molecule has 5 nitrogen and oxygen atoms in total. The van der Waals surface area contributed by atoms with E-state index < -0.39 is 10.0 Å². The summed E-state index contributed by atoms with van der Waals surface area (Å²) in [6.07, 6.45) is 2.91. The standard InChI is InChI=1S/C21H24ClN3O2S2/c1-14-7-4-5-10-25(14)29(26,27)20-12-19(24(3)15(20)2)21-23-18(13-28-21)16-8-6-9-17(22)11-16/h6,8-9,11-14H,4-5,7,10H2,1-3H3/t14-/m1/s1. The van der Waals surface area contributed by atoms with E-state index in [1.54, 1.807) is 10.4 Å². The normalized spacial score (nSPS) is 18.3. The largest absolute Gasteiger partial charge is 0.345 e. The molecule has 1 aliphatic heterocycles. The highest BCUT2D eigenvalue weighted by Crippen LogP contribution is 2.35. The minimum absolute atomic E-state index is 0.0334. The molecule has 0 radical (unpaired) electrons. The summed E-state index contributed by atoms with van der Waals surface area (Å²) in [5.74, 6) is 0. The third kappa shape index (κ3) is 3.77. The van der Waals surface area contributed by atoms with Crippen molar-refractivity contribution in [3.63, 3.8) is 0 Å². The second-order valence-electron chi connectivity index (χ2n) is 7.55. The first kappa shape index (κ1) is 20.6. The maximum absolute atomic E-state index is 13.4. The lowest BCUT2D eigenvalue weighted by atomic mass is 10.1. The molecular formula is C21H24ClN3O2S2. The number of hydrogen-bond acceptors (Lipinski definition) is 4. The number of rotatable bonds is 4. The van der Waals surface area contributed by atoms with Crippen molar-refractivity contribution < 1.29 is 8.42 Å². The van der Waals surface area contributed by atoms with Crippen molar-refractivity contribution >= 4 is 33.0 Å². The molecule has 0 aliphatic carbocycles. The number of aromatic nitrogens is 2. The molecule has 29 heavy (non-hydrogen) atoms. The van der Waals surface area contributed by atoms with E-state index in [1.165, 1.54) is 11.3 Å². The van der Waals surface area contributed by atoms with Gasteiger partial charge in [0.05, 0.1) is 11.4 Å². The number of piperidine rings is 1. The fourth-order valence-corrected chi connectivity index (χ4v) is 6.91. The van der Waals surface area contributed by atoms with Gasteiger partial charge in [-0.1, -0.05) is 30.2 Å². The number of hydrogen-bond donors (Lipinski definition) is 0. The molecule has 0 N–H and O–H groups in total. The first-order valence-corrected chi connectivity index (χ1v) is 12.4. The van der Waals surface area contributed by atoms with Gasteiger partial charge in [0.2, 0.25) is 10.0 Å². The van der Waals surface area contributed by atoms with Crippen LogP contribution in [0.1, 0.15) is 31.9 Å². The van der Waals surface area contributed by atoms with Crippen LogP contribution < -0.4 is 0 Å². The molecule has 1 atom stereocenters. The number of sulfonamides is 1. The summed E-state index contributed by atoms with van der Waals surface area (Å²) in [4.78, 5) is 5.13. The van der Waals surface area contributed by atoms with Gasteiger partial charge < -0.3 is 4.57 Å². The third-order valence-electron chi connectivity index (χ3n) is 5.66. The van der Waals surface area contributed by atoms with Gasteiger partial charge in [0.15, 0.2) is 0 Å². The van der Waals surface area contributed by atoms with E-state index >= 15 is 0 Å². The van der Waals surface area contributed by atoms with Crippen LogP contribution in [-0.2, 0) is 17.1 Å². The first-order valence-electron chi connectivity index (χ1n) is 9.69. The molecule has 1 saturated heterocycles. The Labute approximate surface area is 181 Å². The lowest BCUT2D eigenvalue weighted by Crippen LogP contribution is -2.42. The highest BCUT2D eigenvalue weighted by molar-refractivity contribution is 7.89. The van der Waals surface area contributed by atoms with Crippen LogP contribution in [0.15, 0.2) is 40.6 Å². The van der Waals surface area contributed by atoms with Crippen LogP contribution in [0.25, 0.3) is 22.0 Å². The Hall–Kier alpha value is -1.67. The summed E-state index contributed by atoms with van der Waals surface area (Å²) in [6, 6.07) is 9.38. The zero-order chi connectivity index (χ0) is 20.8. The fourth-order valence-electron chi connectivity index (χ4n) is 3.86. The van der Waals surface area contributed by atoms with Crippen molar-refractivity contribution in [1.29, 1.82) is 0 Å². The predicted octanol–water partition coefficient (Wildman–Crippen LogP) is 5.34. The van der Waals surface area contributed by atoms with E-state index in [0.717, 1.165) is 46.9 Å². The molecule has 3 heterocycles. The third-order valence-corrected chi connectivity index (χ3v) is 8.89. The number of halogens is 1. The van der Waals surface area contributed by atoms with Crippen LogP contribution in [0.3, 0.4) is 0 Å². The second-order valence-corrected chi connectivity index (χ2v) is 10.7. The molecular weight excluding hydrogens is 426 g/mol. The minimum atomic E-state index is -3.53. The van der Waals surface area contributed by atoms with Gasteiger partial charge in [-0.25, -0.2) is 13.4 Å². The van der Waals surface area contributed by atoms with Gasteiger partial charge in [0, 0.05) is 41.3 Å². The summed E-state index contributed by atoms with van der Waals surface area (Å²) in [5, 5.41) is 3.43. The van der Waals surface area contributed by atoms with E-state index in [9.17, 15) is 8.42 Å². The molecule has 0 saturated carbocycles. The van der Waals surface area contributed by atoms with Crippen LogP contribution in [0.4, 0.5) is 0 Å². The van der Waals surface area contributed by atoms with Gasteiger partial charge in [-0.05, 0) is 44.9 Å². The molecule has 2 aromatic heterocycles. The summed E-state index contributed by atoms with van der Waals surface area (Å²) in [5.41, 5.74) is 3.32. The Balaban J connectivity index is 1.72. The van der Waals surface area contributed by atoms with Crippen molar-refractivity contribution in [2.24, 2.45) is 7.05 Å². The molecule has 8 heteroatoms. The molecule has 0 unspecified atom stereocenters. The van der Waals surface area contributed by atoms with Crippen LogP contribution in [0, 0.1) is 6.92 Å². The van der Waals surface area contributed by atoms with Crippen molar-refractivity contribution in [3.8, 4) is 22.0 Å². The van der Waals surface area contributed by atoms with Crippen LogP contribution in [-0.4, -0.2) is 34.9 Å². The van der Waals surface area contributed by atoms with Crippen molar-refractivity contribution in [1.82, 2.24) is 13.9 Å². The lowest BCUT2D eigenvalue weighted by molar-refractivity contribution is 0.268. The SMILES string of the molecule is Cc1c(S(=O)(=O)N2CCCC[C@H]2C)cc(-c2nc(-c3cccc(Cl)c3)cs2)n1C. The predicted molar refractivity (Wildman–Crippen MR) is 119 cm³/mol. The molecule has 0 spiro atoms. The maximum atomic E-state index is 13.4. The Kier molecular flexibility index (Phi) is 5.59.